The average molecular weight is 255 g/mol. The zero-order chi connectivity index (χ0) is 13.4. The van der Waals surface area contributed by atoms with Crippen molar-refractivity contribution in [3.8, 4) is 12.3 Å². The molecule has 1 atom stereocenters. The predicted octanol–water partition coefficient (Wildman–Crippen LogP) is 3.68. The molecule has 98 valence electrons. The van der Waals surface area contributed by atoms with Crippen LogP contribution in [0.25, 0.3) is 0 Å². The van der Waals surface area contributed by atoms with E-state index in [4.69, 9.17) is 6.42 Å². The van der Waals surface area contributed by atoms with Gasteiger partial charge in [0, 0.05) is 6.42 Å². The summed E-state index contributed by atoms with van der Waals surface area (Å²) in [6.07, 6.45) is 2.78. The van der Waals surface area contributed by atoms with Gasteiger partial charge in [-0.2, -0.15) is 13.2 Å². The van der Waals surface area contributed by atoms with Gasteiger partial charge in [-0.3, -0.25) is 0 Å². The molecule has 1 aromatic carbocycles. The fourth-order valence-corrected chi connectivity index (χ4v) is 1.67. The van der Waals surface area contributed by atoms with Crippen molar-refractivity contribution in [2.75, 3.05) is 6.54 Å². The lowest BCUT2D eigenvalue weighted by atomic mass is 10.1. The molecule has 1 unspecified atom stereocenters. The van der Waals surface area contributed by atoms with E-state index < -0.39 is 12.2 Å². The second kappa shape index (κ2) is 7.07. The monoisotopic (exact) mass is 255 g/mol. The Labute approximate surface area is 105 Å². The van der Waals surface area contributed by atoms with E-state index in [-0.39, 0.29) is 5.56 Å². The number of terminal acetylenes is 1. The minimum Gasteiger partial charge on any atom is -0.302 e. The Morgan fingerprint density at radius 3 is 2.39 bits per heavy atom. The van der Waals surface area contributed by atoms with Crippen LogP contribution in [0.4, 0.5) is 13.2 Å². The van der Waals surface area contributed by atoms with Gasteiger partial charge in [0.05, 0.1) is 0 Å². The summed E-state index contributed by atoms with van der Waals surface area (Å²) in [5, 5.41) is 2.54. The topological polar surface area (TPSA) is 12.0 Å². The maximum atomic E-state index is 12.9. The van der Waals surface area contributed by atoms with Gasteiger partial charge in [0.15, 0.2) is 0 Å². The van der Waals surface area contributed by atoms with Crippen molar-refractivity contribution in [3.63, 3.8) is 0 Å². The van der Waals surface area contributed by atoms with Crippen molar-refractivity contribution in [1.82, 2.24) is 5.32 Å². The third-order valence-corrected chi connectivity index (χ3v) is 2.56. The Morgan fingerprint density at radius 2 is 1.83 bits per heavy atom. The Kier molecular flexibility index (Phi) is 5.73. The summed E-state index contributed by atoms with van der Waals surface area (Å²) in [5.41, 5.74) is 0.238. The third kappa shape index (κ3) is 4.80. The smallest absolute Gasteiger partial charge is 0.302 e. The second-order valence-corrected chi connectivity index (χ2v) is 4.00. The molecule has 0 aromatic heterocycles. The first-order valence-corrected chi connectivity index (χ1v) is 5.84. The SMILES string of the molecule is C#CCCCCNC(c1ccccc1)C(F)(F)F. The molecule has 1 nitrogen and oxygen atoms in total. The molecule has 0 aliphatic heterocycles. The van der Waals surface area contributed by atoms with E-state index >= 15 is 0 Å². The largest absolute Gasteiger partial charge is 0.407 e. The van der Waals surface area contributed by atoms with Crippen LogP contribution in [0.15, 0.2) is 30.3 Å². The van der Waals surface area contributed by atoms with Gasteiger partial charge >= 0.3 is 6.18 Å². The summed E-state index contributed by atoms with van der Waals surface area (Å²) < 4.78 is 38.7. The van der Waals surface area contributed by atoms with Gasteiger partial charge < -0.3 is 5.32 Å². The summed E-state index contributed by atoms with van der Waals surface area (Å²) >= 11 is 0. The van der Waals surface area contributed by atoms with Gasteiger partial charge in [-0.15, -0.1) is 12.3 Å². The Hall–Kier alpha value is -1.47. The molecule has 0 aliphatic rings. The first-order chi connectivity index (χ1) is 8.55. The van der Waals surface area contributed by atoms with Gasteiger partial charge in [0.25, 0.3) is 0 Å². The highest BCUT2D eigenvalue weighted by atomic mass is 19.4. The van der Waals surface area contributed by atoms with Crippen LogP contribution in [0.5, 0.6) is 0 Å². The lowest BCUT2D eigenvalue weighted by Crippen LogP contribution is -2.34. The molecule has 4 heteroatoms. The number of alkyl halides is 3. The van der Waals surface area contributed by atoms with Crippen molar-refractivity contribution in [2.24, 2.45) is 0 Å². The van der Waals surface area contributed by atoms with Gasteiger partial charge in [-0.25, -0.2) is 0 Å². The number of nitrogens with one attached hydrogen (secondary N) is 1. The van der Waals surface area contributed by atoms with Crippen LogP contribution in [-0.2, 0) is 0 Å². The van der Waals surface area contributed by atoms with E-state index in [0.717, 1.165) is 6.42 Å². The highest BCUT2D eigenvalue weighted by molar-refractivity contribution is 5.20. The molecule has 0 fully saturated rings. The minimum atomic E-state index is -4.28. The molecule has 0 saturated heterocycles. The van der Waals surface area contributed by atoms with Crippen molar-refractivity contribution >= 4 is 0 Å². The van der Waals surface area contributed by atoms with Gasteiger partial charge in [-0.1, -0.05) is 30.3 Å². The molecule has 1 rings (SSSR count). The quantitative estimate of drug-likeness (QED) is 0.604. The number of hydrogen-bond acceptors (Lipinski definition) is 1. The highest BCUT2D eigenvalue weighted by Gasteiger charge is 2.40. The number of halogens is 3. The normalized spacial score (nSPS) is 13.0. The van der Waals surface area contributed by atoms with Gasteiger partial charge in [0.2, 0.25) is 0 Å². The maximum Gasteiger partial charge on any atom is 0.407 e. The standard InChI is InChI=1S/C14H16F3N/c1-2-3-4-8-11-18-13(14(15,16)17)12-9-6-5-7-10-12/h1,5-7,9-10,13,18H,3-4,8,11H2. The molecule has 0 spiro atoms. The zero-order valence-corrected chi connectivity index (χ0v) is 10.0. The molecular formula is C14H16F3N. The molecule has 0 aliphatic carbocycles. The van der Waals surface area contributed by atoms with E-state index in [2.05, 4.69) is 11.2 Å². The van der Waals surface area contributed by atoms with E-state index in [1.807, 2.05) is 0 Å². The van der Waals surface area contributed by atoms with Crippen LogP contribution in [0.1, 0.15) is 30.9 Å². The van der Waals surface area contributed by atoms with Crippen LogP contribution >= 0.6 is 0 Å². The summed E-state index contributed by atoms with van der Waals surface area (Å²) in [7, 11) is 0. The molecule has 0 saturated carbocycles. The Morgan fingerprint density at radius 1 is 1.17 bits per heavy atom. The molecular weight excluding hydrogens is 239 g/mol. The van der Waals surface area contributed by atoms with E-state index in [9.17, 15) is 13.2 Å². The average Bonchev–Trinajstić information content (AvgIpc) is 2.33. The van der Waals surface area contributed by atoms with Crippen molar-refractivity contribution in [1.29, 1.82) is 0 Å². The fourth-order valence-electron chi connectivity index (χ4n) is 1.67. The zero-order valence-electron chi connectivity index (χ0n) is 10.0. The van der Waals surface area contributed by atoms with E-state index in [1.165, 1.54) is 12.1 Å². The minimum absolute atomic E-state index is 0.238. The van der Waals surface area contributed by atoms with Crippen LogP contribution in [0.2, 0.25) is 0 Å². The maximum absolute atomic E-state index is 12.9. The van der Waals surface area contributed by atoms with Crippen molar-refractivity contribution in [3.05, 3.63) is 35.9 Å². The highest BCUT2D eigenvalue weighted by Crippen LogP contribution is 2.32. The summed E-state index contributed by atoms with van der Waals surface area (Å²) in [4.78, 5) is 0. The predicted molar refractivity (Wildman–Crippen MR) is 65.9 cm³/mol. The molecule has 0 bridgehead atoms. The number of benzene rings is 1. The van der Waals surface area contributed by atoms with Gasteiger partial charge in [0.1, 0.15) is 6.04 Å². The Bertz CT molecular complexity index is 378. The first-order valence-electron chi connectivity index (χ1n) is 5.84. The van der Waals surface area contributed by atoms with Crippen molar-refractivity contribution in [2.45, 2.75) is 31.5 Å². The third-order valence-electron chi connectivity index (χ3n) is 2.56. The Balaban J connectivity index is 2.56. The fraction of sp³-hybridized carbons (Fsp3) is 0.429. The second-order valence-electron chi connectivity index (χ2n) is 4.00. The molecule has 0 amide bonds. The van der Waals surface area contributed by atoms with Crippen molar-refractivity contribution < 1.29 is 13.2 Å². The van der Waals surface area contributed by atoms with E-state index in [1.54, 1.807) is 18.2 Å². The van der Waals surface area contributed by atoms with Crippen LogP contribution < -0.4 is 5.32 Å². The summed E-state index contributed by atoms with van der Waals surface area (Å²) in [5.74, 6) is 2.47. The summed E-state index contributed by atoms with van der Waals surface area (Å²) in [6, 6.07) is 6.26. The van der Waals surface area contributed by atoms with Crippen LogP contribution in [0.3, 0.4) is 0 Å². The molecule has 0 heterocycles. The van der Waals surface area contributed by atoms with Crippen LogP contribution in [0, 0.1) is 12.3 Å². The first kappa shape index (κ1) is 14.6. The number of rotatable bonds is 6. The molecule has 1 aromatic rings. The molecule has 1 N–H and O–H groups in total. The summed E-state index contributed by atoms with van der Waals surface area (Å²) in [6.45, 7) is 0.306. The lowest BCUT2D eigenvalue weighted by Gasteiger charge is -2.22. The van der Waals surface area contributed by atoms with Crippen LogP contribution in [-0.4, -0.2) is 12.7 Å². The van der Waals surface area contributed by atoms with Gasteiger partial charge in [-0.05, 0) is 24.9 Å². The number of unbranched alkanes of at least 4 members (excludes halogenated alkanes) is 2. The molecule has 0 radical (unpaired) electrons. The van der Waals surface area contributed by atoms with E-state index in [0.29, 0.717) is 19.4 Å². The lowest BCUT2D eigenvalue weighted by molar-refractivity contribution is -0.157. The number of hydrogen-bond donors (Lipinski definition) is 1. The molecule has 18 heavy (non-hydrogen) atoms.